The quantitative estimate of drug-likeness (QED) is 0.830. The van der Waals surface area contributed by atoms with Crippen LogP contribution in [0.2, 0.25) is 5.02 Å². The Kier molecular flexibility index (Phi) is 3.25. The molecule has 2 rings (SSSR count). The highest BCUT2D eigenvalue weighted by Crippen LogP contribution is 2.40. The number of fused-ring (bicyclic) bond motifs is 1. The Morgan fingerprint density at radius 2 is 2.06 bits per heavy atom. The van der Waals surface area contributed by atoms with E-state index in [0.717, 1.165) is 0 Å². The van der Waals surface area contributed by atoms with E-state index in [1.54, 1.807) is 0 Å². The Morgan fingerprint density at radius 3 is 2.67 bits per heavy atom. The molecule has 98 valence electrons. The maximum Gasteiger partial charge on any atom is 0.471 e. The molecule has 1 aromatic carbocycles. The molecule has 0 fully saturated rings. The molecule has 0 aromatic heterocycles. The molecule has 18 heavy (non-hydrogen) atoms. The smallest absolute Gasteiger partial charge is 0.388 e. The average Bonchev–Trinajstić information content (AvgIpc) is 2.54. The van der Waals surface area contributed by atoms with E-state index in [1.807, 2.05) is 5.32 Å². The van der Waals surface area contributed by atoms with E-state index in [1.165, 1.54) is 18.2 Å². The minimum atomic E-state index is -4.93. The zero-order valence-electron chi connectivity index (χ0n) is 8.96. The molecule has 2 N–H and O–H groups in total. The lowest BCUT2D eigenvalue weighted by Gasteiger charge is -2.15. The Morgan fingerprint density at radius 1 is 1.39 bits per heavy atom. The molecule has 7 heteroatoms. The fourth-order valence-electron chi connectivity index (χ4n) is 2.01. The fourth-order valence-corrected chi connectivity index (χ4v) is 2.19. The Bertz CT molecular complexity index is 490. The molecular weight excluding hydrogens is 271 g/mol. The van der Waals surface area contributed by atoms with Crippen LogP contribution in [-0.4, -0.2) is 17.2 Å². The van der Waals surface area contributed by atoms with E-state index in [0.29, 0.717) is 16.1 Å². The number of hydrogen-bond acceptors (Lipinski definition) is 2. The molecule has 1 aliphatic rings. The van der Waals surface area contributed by atoms with Crippen LogP contribution in [-0.2, 0) is 4.79 Å². The van der Waals surface area contributed by atoms with Crippen LogP contribution in [0.5, 0.6) is 0 Å². The summed E-state index contributed by atoms with van der Waals surface area (Å²) in [6.07, 6.45) is -5.84. The van der Waals surface area contributed by atoms with Crippen molar-refractivity contribution in [1.82, 2.24) is 5.32 Å². The fraction of sp³-hybridized carbons (Fsp3) is 0.364. The molecule has 2 unspecified atom stereocenters. The molecule has 0 saturated heterocycles. The average molecular weight is 280 g/mol. The third-order valence-electron chi connectivity index (χ3n) is 2.80. The number of carbonyl (C=O) groups excluding carboxylic acids is 1. The van der Waals surface area contributed by atoms with Gasteiger partial charge in [0.1, 0.15) is 0 Å². The summed E-state index contributed by atoms with van der Waals surface area (Å²) in [5.41, 5.74) is 0.916. The summed E-state index contributed by atoms with van der Waals surface area (Å²) in [6.45, 7) is 0. The predicted molar refractivity (Wildman–Crippen MR) is 58.0 cm³/mol. The van der Waals surface area contributed by atoms with E-state index >= 15 is 0 Å². The second-order valence-corrected chi connectivity index (χ2v) is 4.48. The van der Waals surface area contributed by atoms with Gasteiger partial charge in [-0.3, -0.25) is 4.79 Å². The minimum Gasteiger partial charge on any atom is -0.388 e. The van der Waals surface area contributed by atoms with Gasteiger partial charge in [0.2, 0.25) is 0 Å². The van der Waals surface area contributed by atoms with Crippen LogP contribution in [0.15, 0.2) is 18.2 Å². The van der Waals surface area contributed by atoms with Gasteiger partial charge in [-0.05, 0) is 23.3 Å². The zero-order chi connectivity index (χ0) is 13.5. The molecule has 3 nitrogen and oxygen atoms in total. The van der Waals surface area contributed by atoms with Crippen LogP contribution in [0.25, 0.3) is 0 Å². The first-order valence-electron chi connectivity index (χ1n) is 5.14. The summed E-state index contributed by atoms with van der Waals surface area (Å²) >= 11 is 5.74. The summed E-state index contributed by atoms with van der Waals surface area (Å²) in [5, 5.41) is 11.9. The number of alkyl halides is 3. The molecule has 1 amide bonds. The maximum absolute atomic E-state index is 12.1. The van der Waals surface area contributed by atoms with E-state index in [9.17, 15) is 23.1 Å². The summed E-state index contributed by atoms with van der Waals surface area (Å²) in [5.74, 6) is -2.01. The van der Waals surface area contributed by atoms with E-state index in [-0.39, 0.29) is 6.42 Å². The number of aliphatic hydroxyl groups excluding tert-OH is 1. The molecule has 0 heterocycles. The van der Waals surface area contributed by atoms with Gasteiger partial charge in [-0.15, -0.1) is 0 Å². The lowest BCUT2D eigenvalue weighted by atomic mass is 10.1. The minimum absolute atomic E-state index is 0.0114. The van der Waals surface area contributed by atoms with Crippen molar-refractivity contribution in [2.24, 2.45) is 0 Å². The van der Waals surface area contributed by atoms with Gasteiger partial charge in [-0.2, -0.15) is 13.2 Å². The number of carbonyl (C=O) groups is 1. The third-order valence-corrected chi connectivity index (χ3v) is 3.04. The first-order chi connectivity index (χ1) is 8.29. The molecule has 0 spiro atoms. The van der Waals surface area contributed by atoms with E-state index in [2.05, 4.69) is 0 Å². The number of amides is 1. The van der Waals surface area contributed by atoms with Crippen LogP contribution < -0.4 is 5.32 Å². The van der Waals surface area contributed by atoms with Crippen molar-refractivity contribution in [3.8, 4) is 0 Å². The third kappa shape index (κ3) is 2.44. The predicted octanol–water partition coefficient (Wildman–Crippen LogP) is 2.50. The van der Waals surface area contributed by atoms with Crippen molar-refractivity contribution in [2.75, 3.05) is 0 Å². The Hall–Kier alpha value is -1.27. The summed E-state index contributed by atoms with van der Waals surface area (Å²) in [6, 6.07) is 3.66. The molecule has 1 aliphatic carbocycles. The number of benzene rings is 1. The van der Waals surface area contributed by atoms with Gasteiger partial charge in [0.05, 0.1) is 12.1 Å². The first kappa shape index (κ1) is 13.2. The summed E-state index contributed by atoms with van der Waals surface area (Å²) in [7, 11) is 0. The van der Waals surface area contributed by atoms with Crippen LogP contribution in [0.1, 0.15) is 29.7 Å². The standard InChI is InChI=1S/C11H9ClF3NO2/c12-5-1-2-6-7(3-5)9(17)4-8(6)16-10(18)11(13,14)15/h1-3,8-9,17H,4H2,(H,16,18). The van der Waals surface area contributed by atoms with Gasteiger partial charge in [-0.25, -0.2) is 0 Å². The second-order valence-electron chi connectivity index (χ2n) is 4.05. The van der Waals surface area contributed by atoms with Crippen molar-refractivity contribution < 1.29 is 23.1 Å². The van der Waals surface area contributed by atoms with Crippen molar-refractivity contribution in [3.63, 3.8) is 0 Å². The zero-order valence-corrected chi connectivity index (χ0v) is 9.72. The van der Waals surface area contributed by atoms with Crippen LogP contribution in [0, 0.1) is 0 Å². The summed E-state index contributed by atoms with van der Waals surface area (Å²) in [4.78, 5) is 10.9. The monoisotopic (exact) mass is 279 g/mol. The number of aliphatic hydroxyl groups is 1. The van der Waals surface area contributed by atoms with Gasteiger partial charge < -0.3 is 10.4 Å². The van der Waals surface area contributed by atoms with E-state index < -0.39 is 24.2 Å². The van der Waals surface area contributed by atoms with E-state index in [4.69, 9.17) is 11.6 Å². The van der Waals surface area contributed by atoms with Crippen molar-refractivity contribution >= 4 is 17.5 Å². The van der Waals surface area contributed by atoms with Crippen molar-refractivity contribution in [1.29, 1.82) is 0 Å². The number of hydrogen-bond donors (Lipinski definition) is 2. The molecule has 0 aliphatic heterocycles. The van der Waals surface area contributed by atoms with Crippen molar-refractivity contribution in [2.45, 2.75) is 24.7 Å². The number of rotatable bonds is 1. The highest BCUT2D eigenvalue weighted by Gasteiger charge is 2.41. The van der Waals surface area contributed by atoms with Crippen LogP contribution in [0.3, 0.4) is 0 Å². The highest BCUT2D eigenvalue weighted by atomic mass is 35.5. The van der Waals surface area contributed by atoms with Crippen LogP contribution >= 0.6 is 11.6 Å². The normalized spacial score (nSPS) is 22.7. The van der Waals surface area contributed by atoms with Gasteiger partial charge in [-0.1, -0.05) is 17.7 Å². The maximum atomic E-state index is 12.1. The van der Waals surface area contributed by atoms with Crippen LogP contribution in [0.4, 0.5) is 13.2 Å². The second kappa shape index (κ2) is 4.44. The van der Waals surface area contributed by atoms with Gasteiger partial charge >= 0.3 is 12.1 Å². The molecule has 2 atom stereocenters. The largest absolute Gasteiger partial charge is 0.471 e. The molecule has 0 radical (unpaired) electrons. The number of nitrogens with one attached hydrogen (secondary N) is 1. The summed E-state index contributed by atoms with van der Waals surface area (Å²) < 4.78 is 36.4. The van der Waals surface area contributed by atoms with Gasteiger partial charge in [0, 0.05) is 11.4 Å². The highest BCUT2D eigenvalue weighted by molar-refractivity contribution is 6.30. The number of halogens is 4. The lowest BCUT2D eigenvalue weighted by molar-refractivity contribution is -0.174. The topological polar surface area (TPSA) is 49.3 Å². The Balaban J connectivity index is 2.22. The SMILES string of the molecule is O=C(NC1CC(O)c2cc(Cl)ccc21)C(F)(F)F. The molecular formula is C11H9ClF3NO2. The molecule has 0 saturated carbocycles. The first-order valence-corrected chi connectivity index (χ1v) is 5.52. The van der Waals surface area contributed by atoms with Gasteiger partial charge in [0.25, 0.3) is 0 Å². The molecule has 0 bridgehead atoms. The van der Waals surface area contributed by atoms with Crippen molar-refractivity contribution in [3.05, 3.63) is 34.3 Å². The Labute approximate surface area is 106 Å². The molecule has 1 aromatic rings. The van der Waals surface area contributed by atoms with Gasteiger partial charge in [0.15, 0.2) is 0 Å². The lowest BCUT2D eigenvalue weighted by Crippen LogP contribution is -2.38.